The van der Waals surface area contributed by atoms with Gasteiger partial charge in [0.25, 0.3) is 0 Å². The molecule has 1 aromatic heterocycles. The monoisotopic (exact) mass is 485 g/mol. The number of fused-ring (bicyclic) bond motifs is 1. The molecule has 0 radical (unpaired) electrons. The quantitative estimate of drug-likeness (QED) is 0.314. The highest BCUT2D eigenvalue weighted by molar-refractivity contribution is 5.91. The molecule has 2 heterocycles. The lowest BCUT2D eigenvalue weighted by Crippen LogP contribution is -2.40. The van der Waals surface area contributed by atoms with Crippen molar-refractivity contribution >= 4 is 23.0 Å². The van der Waals surface area contributed by atoms with Gasteiger partial charge in [-0.05, 0) is 62.1 Å². The van der Waals surface area contributed by atoms with Crippen LogP contribution in [-0.4, -0.2) is 36.0 Å². The van der Waals surface area contributed by atoms with Gasteiger partial charge in [-0.25, -0.2) is 9.59 Å². The molecule has 0 aliphatic carbocycles. The van der Waals surface area contributed by atoms with E-state index in [4.69, 9.17) is 13.9 Å². The average Bonchev–Trinajstić information content (AvgIpc) is 3.34. The minimum absolute atomic E-state index is 0.163. The highest BCUT2D eigenvalue weighted by Crippen LogP contribution is 2.33. The molecule has 35 heavy (non-hydrogen) atoms. The predicted molar refractivity (Wildman–Crippen MR) is 135 cm³/mol. The number of carbonyl (C=O) groups excluding carboxylic acids is 2. The molecule has 0 spiro atoms. The Kier molecular flexibility index (Phi) is 9.00. The van der Waals surface area contributed by atoms with Crippen LogP contribution in [0.2, 0.25) is 0 Å². The number of rotatable bonds is 11. The Balaban J connectivity index is 1.53. The second kappa shape index (κ2) is 11.8. The number of aliphatic hydroxyl groups is 1. The number of carbonyl (C=O) groups is 2. The van der Waals surface area contributed by atoms with Gasteiger partial charge in [-0.15, -0.1) is 0 Å². The van der Waals surface area contributed by atoms with Gasteiger partial charge in [-0.1, -0.05) is 45.4 Å². The number of esters is 1. The molecular formula is C28H39NO6. The van der Waals surface area contributed by atoms with Crippen molar-refractivity contribution < 1.29 is 28.6 Å². The number of ether oxygens (including phenoxy) is 2. The van der Waals surface area contributed by atoms with Crippen LogP contribution in [0.3, 0.4) is 0 Å². The minimum atomic E-state index is -1.25. The average molecular weight is 486 g/mol. The highest BCUT2D eigenvalue weighted by atomic mass is 16.6. The summed E-state index contributed by atoms with van der Waals surface area (Å²) in [4.78, 5) is 24.8. The number of nitrogens with one attached hydrogen (secondary N) is 1. The molecule has 1 aromatic carbocycles. The van der Waals surface area contributed by atoms with Crippen LogP contribution in [0.1, 0.15) is 64.7 Å². The molecule has 7 nitrogen and oxygen atoms in total. The number of hydrogen-bond donors (Lipinski definition) is 2. The number of benzene rings is 1. The van der Waals surface area contributed by atoms with Crippen LogP contribution in [0.25, 0.3) is 11.0 Å². The maximum Gasteiger partial charge on any atom is 0.407 e. The number of aliphatic hydroxyl groups excluding tert-OH is 1. The second-order valence-electron chi connectivity index (χ2n) is 10.7. The van der Waals surface area contributed by atoms with E-state index in [1.165, 1.54) is 0 Å². The predicted octanol–water partition coefficient (Wildman–Crippen LogP) is 5.67. The van der Waals surface area contributed by atoms with Gasteiger partial charge in [-0.3, -0.25) is 0 Å². The summed E-state index contributed by atoms with van der Waals surface area (Å²) >= 11 is 0. The van der Waals surface area contributed by atoms with E-state index < -0.39 is 24.3 Å². The van der Waals surface area contributed by atoms with Gasteiger partial charge in [0.15, 0.2) is 5.60 Å². The number of allylic oxidation sites excluding steroid dienone is 1. The fourth-order valence-corrected chi connectivity index (χ4v) is 4.73. The third-order valence-corrected chi connectivity index (χ3v) is 6.28. The summed E-state index contributed by atoms with van der Waals surface area (Å²) in [5.41, 5.74) is 1.17. The Morgan fingerprint density at radius 2 is 1.91 bits per heavy atom. The maximum atomic E-state index is 12.5. The van der Waals surface area contributed by atoms with Crippen molar-refractivity contribution in [1.29, 1.82) is 0 Å². The number of hydrogen-bond acceptors (Lipinski definition) is 6. The molecule has 3 rings (SSSR count). The molecule has 1 aliphatic heterocycles. The second-order valence-corrected chi connectivity index (χ2v) is 10.7. The van der Waals surface area contributed by atoms with Crippen LogP contribution in [0, 0.1) is 24.7 Å². The van der Waals surface area contributed by atoms with Crippen molar-refractivity contribution in [2.45, 2.75) is 72.4 Å². The van der Waals surface area contributed by atoms with Crippen LogP contribution < -0.4 is 5.32 Å². The van der Waals surface area contributed by atoms with Crippen molar-refractivity contribution in [3.8, 4) is 0 Å². The van der Waals surface area contributed by atoms with E-state index in [1.807, 2.05) is 37.3 Å². The van der Waals surface area contributed by atoms with Gasteiger partial charge in [0.1, 0.15) is 18.0 Å². The molecule has 1 amide bonds. The summed E-state index contributed by atoms with van der Waals surface area (Å²) in [5, 5.41) is 13.6. The van der Waals surface area contributed by atoms with Gasteiger partial charge in [0.05, 0.1) is 13.2 Å². The zero-order valence-electron chi connectivity index (χ0n) is 21.6. The van der Waals surface area contributed by atoms with Crippen molar-refractivity contribution in [1.82, 2.24) is 5.32 Å². The molecule has 0 saturated carbocycles. The molecular weight excluding hydrogens is 446 g/mol. The first-order valence-electron chi connectivity index (χ1n) is 12.5. The molecule has 0 bridgehead atoms. The Bertz CT molecular complexity index is 1040. The highest BCUT2D eigenvalue weighted by Gasteiger charge is 2.44. The number of amides is 1. The van der Waals surface area contributed by atoms with Crippen LogP contribution in [0.4, 0.5) is 4.79 Å². The maximum absolute atomic E-state index is 12.5. The van der Waals surface area contributed by atoms with Gasteiger partial charge < -0.3 is 24.3 Å². The molecule has 1 aliphatic rings. The first-order chi connectivity index (χ1) is 16.6. The topological polar surface area (TPSA) is 98.0 Å². The third-order valence-electron chi connectivity index (χ3n) is 6.28. The van der Waals surface area contributed by atoms with Crippen LogP contribution in [0.15, 0.2) is 40.3 Å². The molecule has 1 atom stereocenters. The lowest BCUT2D eigenvalue weighted by atomic mass is 9.86. The summed E-state index contributed by atoms with van der Waals surface area (Å²) in [5.74, 6) is 1.81. The van der Waals surface area contributed by atoms with Crippen molar-refractivity contribution in [3.63, 3.8) is 0 Å². The van der Waals surface area contributed by atoms with Gasteiger partial charge >= 0.3 is 12.1 Å². The smallest absolute Gasteiger partial charge is 0.407 e. The largest absolute Gasteiger partial charge is 0.459 e. The van der Waals surface area contributed by atoms with Crippen LogP contribution in [0.5, 0.6) is 0 Å². The van der Waals surface area contributed by atoms with E-state index >= 15 is 0 Å². The molecule has 1 saturated heterocycles. The third kappa shape index (κ3) is 7.59. The van der Waals surface area contributed by atoms with Crippen molar-refractivity contribution in [2.75, 3.05) is 13.2 Å². The van der Waals surface area contributed by atoms with E-state index in [1.54, 1.807) is 0 Å². The number of cyclic esters (lactones) is 1. The summed E-state index contributed by atoms with van der Waals surface area (Å²) in [6.45, 7) is 10.4. The lowest BCUT2D eigenvalue weighted by Gasteiger charge is -2.24. The summed E-state index contributed by atoms with van der Waals surface area (Å²) in [6, 6.07) is 7.75. The fraction of sp³-hybridized carbons (Fsp3) is 0.571. The molecule has 2 aromatic rings. The van der Waals surface area contributed by atoms with Crippen molar-refractivity contribution in [3.05, 3.63) is 47.2 Å². The van der Waals surface area contributed by atoms with E-state index in [0.29, 0.717) is 29.1 Å². The zero-order chi connectivity index (χ0) is 25.6. The Morgan fingerprint density at radius 3 is 2.57 bits per heavy atom. The molecule has 7 heteroatoms. The number of alkyl carbamates (subject to hydrolysis) is 1. The van der Waals surface area contributed by atoms with E-state index in [9.17, 15) is 14.7 Å². The van der Waals surface area contributed by atoms with Crippen LogP contribution in [-0.2, 0) is 20.8 Å². The molecule has 192 valence electrons. The summed E-state index contributed by atoms with van der Waals surface area (Å²) < 4.78 is 16.5. The Labute approximate surface area is 207 Å². The normalized spacial score (nSPS) is 19.3. The van der Waals surface area contributed by atoms with Gasteiger partial charge in [0.2, 0.25) is 0 Å². The number of furan rings is 1. The fourth-order valence-electron chi connectivity index (χ4n) is 4.73. The minimum Gasteiger partial charge on any atom is -0.459 e. The zero-order valence-corrected chi connectivity index (χ0v) is 21.6. The molecule has 1 fully saturated rings. The number of aryl methyl sites for hydroxylation is 1. The van der Waals surface area contributed by atoms with Crippen molar-refractivity contribution in [2.24, 2.45) is 17.8 Å². The Hall–Kier alpha value is -2.80. The first-order valence-corrected chi connectivity index (χ1v) is 12.5. The van der Waals surface area contributed by atoms with E-state index in [-0.39, 0.29) is 19.6 Å². The SMILES string of the molecule is Cc1ccc2oc(CNC(=O)OC[C@]3(CO)C/C(=C\CC(CC(C)C)CC(C)C)C(=O)O3)cc2c1. The Morgan fingerprint density at radius 1 is 1.20 bits per heavy atom. The lowest BCUT2D eigenvalue weighted by molar-refractivity contribution is -0.154. The van der Waals surface area contributed by atoms with E-state index in [0.717, 1.165) is 35.8 Å². The summed E-state index contributed by atoms with van der Waals surface area (Å²) in [6.07, 6.45) is 4.47. The van der Waals surface area contributed by atoms with Gasteiger partial charge in [-0.2, -0.15) is 0 Å². The van der Waals surface area contributed by atoms with E-state index in [2.05, 4.69) is 33.0 Å². The van der Waals surface area contributed by atoms with Gasteiger partial charge in [0, 0.05) is 17.4 Å². The summed E-state index contributed by atoms with van der Waals surface area (Å²) in [7, 11) is 0. The standard InChI is InChI=1S/C28H39NO6/c1-18(2)10-21(11-19(3)4)7-8-22-14-28(16-30,35-26(22)31)17-33-27(32)29-15-24-13-23-12-20(5)6-9-25(23)34-24/h6,8-9,12-13,18-19,21,30H,7,10-11,14-17H2,1-5H3,(H,29,32)/b22-8+/t28-/m1/s1. The van der Waals surface area contributed by atoms with Crippen LogP contribution >= 0.6 is 0 Å². The molecule has 0 unspecified atom stereocenters. The first kappa shape index (κ1) is 26.8. The molecule has 2 N–H and O–H groups in total.